The number of nitrogens with zero attached hydrogens (tertiary/aromatic N) is 6. The third-order valence-electron chi connectivity index (χ3n) is 6.07. The number of hydrogen-bond acceptors (Lipinski definition) is 8. The van der Waals surface area contributed by atoms with Crippen molar-refractivity contribution in [1.29, 1.82) is 0 Å². The molecule has 4 rings (SSSR count). The SMILES string of the molecule is CC(=O)N(CCN1CCOCC1)c1cc(N2CCOCC2)cc(N=NCc2cccc(C)c2)n1. The zero-order valence-electron chi connectivity index (χ0n) is 20.2. The van der Waals surface area contributed by atoms with E-state index in [9.17, 15) is 4.79 Å². The Labute approximate surface area is 201 Å². The number of aromatic nitrogens is 1. The van der Waals surface area contributed by atoms with E-state index in [1.807, 2.05) is 24.3 Å². The molecule has 2 saturated heterocycles. The van der Waals surface area contributed by atoms with Crippen LogP contribution in [0.1, 0.15) is 18.1 Å². The van der Waals surface area contributed by atoms with E-state index >= 15 is 0 Å². The Balaban J connectivity index is 1.55. The molecule has 0 bridgehead atoms. The molecule has 1 aromatic heterocycles. The Morgan fingerprint density at radius 1 is 1.06 bits per heavy atom. The molecule has 9 nitrogen and oxygen atoms in total. The van der Waals surface area contributed by atoms with Crippen LogP contribution in [0.3, 0.4) is 0 Å². The van der Waals surface area contributed by atoms with E-state index < -0.39 is 0 Å². The molecule has 2 aliphatic rings. The van der Waals surface area contributed by atoms with Crippen LogP contribution in [-0.4, -0.2) is 81.5 Å². The van der Waals surface area contributed by atoms with Gasteiger partial charge in [0, 0.05) is 64.0 Å². The molecule has 34 heavy (non-hydrogen) atoms. The molecule has 0 unspecified atom stereocenters. The van der Waals surface area contributed by atoms with Crippen molar-refractivity contribution in [2.24, 2.45) is 10.2 Å². The van der Waals surface area contributed by atoms with E-state index in [-0.39, 0.29) is 5.91 Å². The number of rotatable bonds is 8. The van der Waals surface area contributed by atoms with Gasteiger partial charge >= 0.3 is 0 Å². The minimum Gasteiger partial charge on any atom is -0.379 e. The monoisotopic (exact) mass is 466 g/mol. The number of anilines is 2. The molecule has 0 radical (unpaired) electrons. The molecule has 2 aliphatic heterocycles. The molecule has 0 N–H and O–H groups in total. The predicted octanol–water partition coefficient (Wildman–Crippen LogP) is 3.20. The Hall–Kier alpha value is -2.88. The van der Waals surface area contributed by atoms with Crippen LogP contribution in [0.5, 0.6) is 0 Å². The first kappa shape index (κ1) is 24.3. The van der Waals surface area contributed by atoms with Gasteiger partial charge in [0.25, 0.3) is 0 Å². The molecule has 3 heterocycles. The average Bonchev–Trinajstić information content (AvgIpc) is 2.85. The summed E-state index contributed by atoms with van der Waals surface area (Å²) in [5, 5.41) is 8.83. The summed E-state index contributed by atoms with van der Waals surface area (Å²) in [6.45, 7) is 11.6. The van der Waals surface area contributed by atoms with Gasteiger partial charge < -0.3 is 14.4 Å². The molecular weight excluding hydrogens is 432 g/mol. The minimum atomic E-state index is -0.0393. The van der Waals surface area contributed by atoms with Gasteiger partial charge in [-0.2, -0.15) is 5.11 Å². The lowest BCUT2D eigenvalue weighted by molar-refractivity contribution is -0.116. The predicted molar refractivity (Wildman–Crippen MR) is 132 cm³/mol. The van der Waals surface area contributed by atoms with Crippen molar-refractivity contribution >= 4 is 23.2 Å². The molecule has 9 heteroatoms. The fourth-order valence-corrected chi connectivity index (χ4v) is 4.18. The Morgan fingerprint density at radius 3 is 2.50 bits per heavy atom. The van der Waals surface area contributed by atoms with Crippen molar-refractivity contribution in [3.63, 3.8) is 0 Å². The van der Waals surface area contributed by atoms with E-state index in [1.54, 1.807) is 11.8 Å². The standard InChI is InChI=1S/C25H34N6O3/c1-20-4-3-5-22(16-20)19-26-28-24-17-23(30-10-14-34-15-11-30)18-25(27-24)31(21(2)32)7-6-29-8-12-33-13-9-29/h3-5,16-18H,6-15,19H2,1-2H3. The van der Waals surface area contributed by atoms with Crippen molar-refractivity contribution in [1.82, 2.24) is 9.88 Å². The number of ether oxygens (including phenoxy) is 2. The first-order chi connectivity index (χ1) is 16.6. The largest absolute Gasteiger partial charge is 0.379 e. The molecule has 0 spiro atoms. The maximum absolute atomic E-state index is 12.6. The maximum atomic E-state index is 12.6. The maximum Gasteiger partial charge on any atom is 0.225 e. The Kier molecular flexibility index (Phi) is 8.56. The summed E-state index contributed by atoms with van der Waals surface area (Å²) in [7, 11) is 0. The van der Waals surface area contributed by atoms with E-state index in [0.717, 1.165) is 57.2 Å². The van der Waals surface area contributed by atoms with Crippen LogP contribution in [-0.2, 0) is 20.8 Å². The molecule has 1 aromatic carbocycles. The van der Waals surface area contributed by atoms with Gasteiger partial charge in [0.2, 0.25) is 5.91 Å². The smallest absolute Gasteiger partial charge is 0.225 e. The second-order valence-electron chi connectivity index (χ2n) is 8.65. The summed E-state index contributed by atoms with van der Waals surface area (Å²) in [5.74, 6) is 1.07. The van der Waals surface area contributed by atoms with E-state index in [0.29, 0.717) is 37.9 Å². The summed E-state index contributed by atoms with van der Waals surface area (Å²) in [6.07, 6.45) is 0. The lowest BCUT2D eigenvalue weighted by atomic mass is 10.1. The molecule has 0 atom stereocenters. The second kappa shape index (κ2) is 12.0. The number of benzene rings is 1. The van der Waals surface area contributed by atoms with Crippen LogP contribution in [0.25, 0.3) is 0 Å². The number of carbonyl (C=O) groups excluding carboxylic acids is 1. The molecule has 1 amide bonds. The van der Waals surface area contributed by atoms with Crippen molar-refractivity contribution in [3.05, 3.63) is 47.5 Å². The van der Waals surface area contributed by atoms with Crippen molar-refractivity contribution in [2.45, 2.75) is 20.4 Å². The van der Waals surface area contributed by atoms with Gasteiger partial charge in [0.15, 0.2) is 5.82 Å². The fourth-order valence-electron chi connectivity index (χ4n) is 4.18. The zero-order chi connectivity index (χ0) is 23.8. The average molecular weight is 467 g/mol. The van der Waals surface area contributed by atoms with Gasteiger partial charge in [0.05, 0.1) is 33.0 Å². The molecule has 0 aliphatic carbocycles. The number of azo groups is 1. The third-order valence-corrected chi connectivity index (χ3v) is 6.07. The van der Waals surface area contributed by atoms with Crippen LogP contribution in [0.4, 0.5) is 17.3 Å². The lowest BCUT2D eigenvalue weighted by Gasteiger charge is -2.31. The van der Waals surface area contributed by atoms with Gasteiger partial charge in [-0.05, 0) is 12.5 Å². The summed E-state index contributed by atoms with van der Waals surface area (Å²) in [4.78, 5) is 23.6. The van der Waals surface area contributed by atoms with E-state index in [4.69, 9.17) is 14.5 Å². The normalized spacial score (nSPS) is 17.3. The quantitative estimate of drug-likeness (QED) is 0.556. The summed E-state index contributed by atoms with van der Waals surface area (Å²) in [6, 6.07) is 12.1. The Morgan fingerprint density at radius 2 is 1.79 bits per heavy atom. The van der Waals surface area contributed by atoms with Crippen LogP contribution in [0.15, 0.2) is 46.6 Å². The number of hydrogen-bond donors (Lipinski definition) is 0. The lowest BCUT2D eigenvalue weighted by Crippen LogP contribution is -2.43. The number of morpholine rings is 2. The van der Waals surface area contributed by atoms with Crippen LogP contribution in [0, 0.1) is 6.92 Å². The summed E-state index contributed by atoms with van der Waals surface area (Å²) >= 11 is 0. The number of carbonyl (C=O) groups is 1. The van der Waals surface area contributed by atoms with Crippen molar-refractivity contribution in [2.75, 3.05) is 75.5 Å². The highest BCUT2D eigenvalue weighted by Gasteiger charge is 2.20. The number of pyridine rings is 1. The van der Waals surface area contributed by atoms with Crippen LogP contribution in [0.2, 0.25) is 0 Å². The minimum absolute atomic E-state index is 0.0393. The van der Waals surface area contributed by atoms with Crippen LogP contribution < -0.4 is 9.80 Å². The first-order valence-corrected chi connectivity index (χ1v) is 11.9. The second-order valence-corrected chi connectivity index (χ2v) is 8.65. The molecule has 182 valence electrons. The first-order valence-electron chi connectivity index (χ1n) is 11.9. The molecule has 0 saturated carbocycles. The zero-order valence-corrected chi connectivity index (χ0v) is 20.2. The number of amides is 1. The molecular formula is C25H34N6O3. The van der Waals surface area contributed by atoms with Crippen LogP contribution >= 0.6 is 0 Å². The van der Waals surface area contributed by atoms with Gasteiger partial charge in [-0.25, -0.2) is 4.98 Å². The fraction of sp³-hybridized carbons (Fsp3) is 0.520. The Bertz CT molecular complexity index is 986. The summed E-state index contributed by atoms with van der Waals surface area (Å²) < 4.78 is 11.0. The third kappa shape index (κ3) is 6.82. The summed E-state index contributed by atoms with van der Waals surface area (Å²) in [5.41, 5.74) is 3.28. The molecule has 2 fully saturated rings. The van der Waals surface area contributed by atoms with Gasteiger partial charge in [-0.1, -0.05) is 29.8 Å². The van der Waals surface area contributed by atoms with E-state index in [1.165, 1.54) is 5.56 Å². The number of aryl methyl sites for hydroxylation is 1. The van der Waals surface area contributed by atoms with Crippen molar-refractivity contribution < 1.29 is 14.3 Å². The van der Waals surface area contributed by atoms with Gasteiger partial charge in [0.1, 0.15) is 5.82 Å². The molecule has 2 aromatic rings. The van der Waals surface area contributed by atoms with Crippen molar-refractivity contribution in [3.8, 4) is 0 Å². The highest BCUT2D eigenvalue weighted by Crippen LogP contribution is 2.27. The van der Waals surface area contributed by atoms with Gasteiger partial charge in [-0.15, -0.1) is 5.11 Å². The highest BCUT2D eigenvalue weighted by atomic mass is 16.5. The highest BCUT2D eigenvalue weighted by molar-refractivity contribution is 5.91. The topological polar surface area (TPSA) is 82.9 Å². The van der Waals surface area contributed by atoms with E-state index in [2.05, 4.69) is 39.1 Å². The van der Waals surface area contributed by atoms with Gasteiger partial charge in [-0.3, -0.25) is 14.6 Å².